The summed E-state index contributed by atoms with van der Waals surface area (Å²) in [4.78, 5) is 34.3. The Morgan fingerprint density at radius 1 is 1.26 bits per heavy atom. The maximum atomic E-state index is 11.5. The van der Waals surface area contributed by atoms with Crippen LogP contribution >= 0.6 is 15.9 Å². The molecule has 0 aromatic heterocycles. The van der Waals surface area contributed by atoms with Crippen LogP contribution < -0.4 is 10.6 Å². The van der Waals surface area contributed by atoms with Crippen molar-refractivity contribution in [3.63, 3.8) is 0 Å². The zero-order valence-electron chi connectivity index (χ0n) is 13.0. The van der Waals surface area contributed by atoms with Gasteiger partial charge in [0.1, 0.15) is 0 Å². The third kappa shape index (κ3) is 8.15. The molecule has 0 radical (unpaired) electrons. The molecule has 6 nitrogen and oxygen atoms in total. The number of rotatable bonds is 6. The largest absolute Gasteiger partial charge is 0.452 e. The molecule has 0 aliphatic heterocycles. The van der Waals surface area contributed by atoms with Crippen LogP contribution in [0, 0.1) is 5.92 Å². The monoisotopic (exact) mass is 382 g/mol. The van der Waals surface area contributed by atoms with Crippen LogP contribution in [-0.4, -0.2) is 31.1 Å². The van der Waals surface area contributed by atoms with Gasteiger partial charge in [-0.15, -0.1) is 0 Å². The number of hydrogen-bond acceptors (Lipinski definition) is 4. The van der Waals surface area contributed by atoms with Crippen LogP contribution in [0.3, 0.4) is 0 Å². The summed E-state index contributed by atoms with van der Waals surface area (Å²) in [5, 5.41) is 4.60. The molecule has 3 amide bonds. The zero-order chi connectivity index (χ0) is 17.2. The van der Waals surface area contributed by atoms with E-state index in [1.54, 1.807) is 6.08 Å². The van der Waals surface area contributed by atoms with Gasteiger partial charge in [0, 0.05) is 17.1 Å². The average molecular weight is 383 g/mol. The molecule has 1 aromatic carbocycles. The lowest BCUT2D eigenvalue weighted by atomic mass is 10.2. The highest BCUT2D eigenvalue weighted by Gasteiger charge is 2.09. The van der Waals surface area contributed by atoms with E-state index in [1.165, 1.54) is 6.08 Å². The second-order valence-corrected chi connectivity index (χ2v) is 5.97. The number of benzene rings is 1. The van der Waals surface area contributed by atoms with Crippen molar-refractivity contribution in [2.45, 2.75) is 13.8 Å². The minimum Gasteiger partial charge on any atom is -0.452 e. The van der Waals surface area contributed by atoms with Gasteiger partial charge >= 0.3 is 12.0 Å². The molecule has 1 rings (SSSR count). The van der Waals surface area contributed by atoms with E-state index in [9.17, 15) is 14.4 Å². The van der Waals surface area contributed by atoms with Gasteiger partial charge in [-0.3, -0.25) is 10.1 Å². The van der Waals surface area contributed by atoms with Crippen LogP contribution in [0.4, 0.5) is 4.79 Å². The van der Waals surface area contributed by atoms with Crippen molar-refractivity contribution in [1.29, 1.82) is 0 Å². The van der Waals surface area contributed by atoms with E-state index in [1.807, 2.05) is 38.1 Å². The summed E-state index contributed by atoms with van der Waals surface area (Å²) in [5.41, 5.74) is 0.807. The minimum atomic E-state index is -0.686. The zero-order valence-corrected chi connectivity index (χ0v) is 14.6. The number of ether oxygens (including phenoxy) is 1. The minimum absolute atomic E-state index is 0.274. The second-order valence-electron chi connectivity index (χ2n) is 5.11. The van der Waals surface area contributed by atoms with Gasteiger partial charge in [-0.2, -0.15) is 0 Å². The summed E-state index contributed by atoms with van der Waals surface area (Å²) in [6.45, 7) is 3.80. The van der Waals surface area contributed by atoms with E-state index >= 15 is 0 Å². The molecule has 0 fully saturated rings. The van der Waals surface area contributed by atoms with E-state index in [0.29, 0.717) is 6.54 Å². The Kier molecular flexibility index (Phi) is 8.04. The number of esters is 1. The second kappa shape index (κ2) is 9.78. The Labute approximate surface area is 143 Å². The number of hydrogen-bond donors (Lipinski definition) is 2. The molecule has 0 bridgehead atoms. The standard InChI is InChI=1S/C16H19BrN2O4/c1-11(2)9-18-16(22)19-14(20)10-23-15(21)8-7-12-5-3-4-6-13(12)17/h3-8,11H,9-10H2,1-2H3,(H2,18,19,20,22)/b8-7+. The molecule has 0 aliphatic carbocycles. The van der Waals surface area contributed by atoms with E-state index in [4.69, 9.17) is 4.74 Å². The maximum Gasteiger partial charge on any atom is 0.331 e. The third-order valence-corrected chi connectivity index (χ3v) is 3.30. The number of carbonyl (C=O) groups excluding carboxylic acids is 3. The molecular weight excluding hydrogens is 364 g/mol. The lowest BCUT2D eigenvalue weighted by molar-refractivity contribution is -0.143. The highest BCUT2D eigenvalue weighted by atomic mass is 79.9. The van der Waals surface area contributed by atoms with Crippen molar-refractivity contribution >= 4 is 39.9 Å². The summed E-state index contributed by atoms with van der Waals surface area (Å²) in [6.07, 6.45) is 2.78. The number of urea groups is 1. The third-order valence-electron chi connectivity index (χ3n) is 2.57. The fourth-order valence-electron chi connectivity index (χ4n) is 1.46. The van der Waals surface area contributed by atoms with Gasteiger partial charge in [-0.1, -0.05) is 48.0 Å². The van der Waals surface area contributed by atoms with Gasteiger partial charge < -0.3 is 10.1 Å². The molecule has 1 aromatic rings. The lowest BCUT2D eigenvalue weighted by Crippen LogP contribution is -2.42. The molecule has 23 heavy (non-hydrogen) atoms. The van der Waals surface area contributed by atoms with Crippen molar-refractivity contribution in [2.75, 3.05) is 13.2 Å². The van der Waals surface area contributed by atoms with Crippen LogP contribution in [0.25, 0.3) is 6.08 Å². The molecule has 2 N–H and O–H groups in total. The van der Waals surface area contributed by atoms with Crippen molar-refractivity contribution in [1.82, 2.24) is 10.6 Å². The number of nitrogens with one attached hydrogen (secondary N) is 2. The quantitative estimate of drug-likeness (QED) is 0.584. The van der Waals surface area contributed by atoms with E-state index in [2.05, 4.69) is 26.6 Å². The van der Waals surface area contributed by atoms with Crippen molar-refractivity contribution in [3.05, 3.63) is 40.4 Å². The first kappa shape index (κ1) is 18.9. The lowest BCUT2D eigenvalue weighted by Gasteiger charge is -2.08. The van der Waals surface area contributed by atoms with E-state index in [-0.39, 0.29) is 5.92 Å². The average Bonchev–Trinajstić information content (AvgIpc) is 2.50. The number of halogens is 1. The van der Waals surface area contributed by atoms with Crippen molar-refractivity contribution in [2.24, 2.45) is 5.92 Å². The number of carbonyl (C=O) groups is 3. The van der Waals surface area contributed by atoms with E-state index in [0.717, 1.165) is 10.0 Å². The fourth-order valence-corrected chi connectivity index (χ4v) is 1.87. The van der Waals surface area contributed by atoms with Gasteiger partial charge in [0.25, 0.3) is 5.91 Å². The summed E-state index contributed by atoms with van der Waals surface area (Å²) >= 11 is 3.35. The summed E-state index contributed by atoms with van der Waals surface area (Å²) in [7, 11) is 0. The van der Waals surface area contributed by atoms with Gasteiger partial charge in [-0.25, -0.2) is 9.59 Å². The molecule has 7 heteroatoms. The SMILES string of the molecule is CC(C)CNC(=O)NC(=O)COC(=O)/C=C/c1ccccc1Br. The number of amides is 3. The van der Waals surface area contributed by atoms with Crippen molar-refractivity contribution < 1.29 is 19.1 Å². The molecule has 0 unspecified atom stereocenters. The predicted octanol–water partition coefficient (Wildman–Crippen LogP) is 2.49. The molecule has 0 heterocycles. The van der Waals surface area contributed by atoms with E-state index < -0.39 is 24.5 Å². The Bertz CT molecular complexity index is 599. The Hall–Kier alpha value is -2.15. The van der Waals surface area contributed by atoms with Gasteiger partial charge in [0.15, 0.2) is 6.61 Å². The Morgan fingerprint density at radius 3 is 2.61 bits per heavy atom. The van der Waals surface area contributed by atoms with Crippen LogP contribution in [0.5, 0.6) is 0 Å². The molecule has 124 valence electrons. The maximum absolute atomic E-state index is 11.5. The first-order chi connectivity index (χ1) is 10.9. The fraction of sp³-hybridized carbons (Fsp3) is 0.312. The Morgan fingerprint density at radius 2 is 1.96 bits per heavy atom. The first-order valence-corrected chi connectivity index (χ1v) is 7.85. The van der Waals surface area contributed by atoms with Gasteiger partial charge in [0.2, 0.25) is 0 Å². The predicted molar refractivity (Wildman–Crippen MR) is 90.5 cm³/mol. The number of imide groups is 1. The molecular formula is C16H19BrN2O4. The smallest absolute Gasteiger partial charge is 0.331 e. The van der Waals surface area contributed by atoms with Crippen LogP contribution in [-0.2, 0) is 14.3 Å². The molecule has 0 atom stereocenters. The molecule has 0 saturated heterocycles. The molecule has 0 saturated carbocycles. The molecule has 0 spiro atoms. The normalized spacial score (nSPS) is 10.6. The molecule has 0 aliphatic rings. The highest BCUT2D eigenvalue weighted by molar-refractivity contribution is 9.10. The summed E-state index contributed by atoms with van der Waals surface area (Å²) in [6, 6.07) is 6.74. The van der Waals surface area contributed by atoms with Crippen molar-refractivity contribution in [3.8, 4) is 0 Å². The summed E-state index contributed by atoms with van der Waals surface area (Å²) < 4.78 is 5.60. The first-order valence-electron chi connectivity index (χ1n) is 7.05. The van der Waals surface area contributed by atoms with Crippen LogP contribution in [0.1, 0.15) is 19.4 Å². The van der Waals surface area contributed by atoms with Crippen LogP contribution in [0.15, 0.2) is 34.8 Å². The summed E-state index contributed by atoms with van der Waals surface area (Å²) in [5.74, 6) is -1.08. The van der Waals surface area contributed by atoms with Gasteiger partial charge in [-0.05, 0) is 23.6 Å². The Balaban J connectivity index is 2.34. The van der Waals surface area contributed by atoms with Gasteiger partial charge in [0.05, 0.1) is 0 Å². The highest BCUT2D eigenvalue weighted by Crippen LogP contribution is 2.16. The van der Waals surface area contributed by atoms with Crippen LogP contribution in [0.2, 0.25) is 0 Å². The topological polar surface area (TPSA) is 84.5 Å².